The van der Waals surface area contributed by atoms with Gasteiger partial charge in [0.25, 0.3) is 0 Å². The Bertz CT molecular complexity index is 600. The molecule has 0 radical (unpaired) electrons. The van der Waals surface area contributed by atoms with Gasteiger partial charge in [0, 0.05) is 21.7 Å². The van der Waals surface area contributed by atoms with Crippen molar-refractivity contribution in [2.75, 3.05) is 12.9 Å². The van der Waals surface area contributed by atoms with Crippen LogP contribution < -0.4 is 10.5 Å². The molecule has 0 aliphatic carbocycles. The van der Waals surface area contributed by atoms with Crippen molar-refractivity contribution in [3.63, 3.8) is 0 Å². The van der Waals surface area contributed by atoms with Gasteiger partial charge in [0.15, 0.2) is 5.75 Å². The summed E-state index contributed by atoms with van der Waals surface area (Å²) in [6.07, 6.45) is 1.72. The van der Waals surface area contributed by atoms with Gasteiger partial charge >= 0.3 is 0 Å². The third-order valence-corrected chi connectivity index (χ3v) is 4.43. The number of nitrogens with zero attached hydrogens (tertiary/aromatic N) is 2. The summed E-state index contributed by atoms with van der Waals surface area (Å²) < 4.78 is 7.29. The molecule has 0 fully saturated rings. The summed E-state index contributed by atoms with van der Waals surface area (Å²) in [4.78, 5) is 1.10. The van der Waals surface area contributed by atoms with Gasteiger partial charge in [-0.1, -0.05) is 17.7 Å². The normalized spacial score (nSPS) is 12.7. The quantitative estimate of drug-likeness (QED) is 0.818. The van der Waals surface area contributed by atoms with Crippen LogP contribution in [0.3, 0.4) is 0 Å². The largest absolute Gasteiger partial charge is 0.493 e. The molecule has 2 N–H and O–H groups in total. The number of nitrogens with two attached hydrogens (primary N) is 1. The van der Waals surface area contributed by atoms with Gasteiger partial charge in [0.05, 0.1) is 25.0 Å². The predicted octanol–water partition coefficient (Wildman–Crippen LogP) is 3.92. The Balaban J connectivity index is 2.13. The van der Waals surface area contributed by atoms with Gasteiger partial charge in [-0.15, -0.1) is 11.8 Å². The molecule has 4 nitrogen and oxygen atoms in total. The van der Waals surface area contributed by atoms with E-state index < -0.39 is 0 Å². The topological polar surface area (TPSA) is 53.1 Å². The van der Waals surface area contributed by atoms with Crippen LogP contribution in [0.2, 0.25) is 5.02 Å². The second-order valence-electron chi connectivity index (χ2n) is 5.01. The lowest BCUT2D eigenvalue weighted by Crippen LogP contribution is -2.20. The summed E-state index contributed by atoms with van der Waals surface area (Å²) in [5.74, 6) is 1.47. The van der Waals surface area contributed by atoms with Gasteiger partial charge in [-0.3, -0.25) is 4.68 Å². The average Bonchev–Trinajstić information content (AvgIpc) is 2.89. The highest BCUT2D eigenvalue weighted by Crippen LogP contribution is 2.31. The van der Waals surface area contributed by atoms with Gasteiger partial charge in [0.1, 0.15) is 0 Å². The standard InChI is InChI=1S/C15H20ClN3OS/c1-10(2)19-15(14(20-3)8-18-19)13(17)9-21-12-6-4-5-11(16)7-12/h4-8,10,13H,9,17H2,1-3H3. The van der Waals surface area contributed by atoms with Crippen molar-refractivity contribution >= 4 is 23.4 Å². The summed E-state index contributed by atoms with van der Waals surface area (Å²) in [6.45, 7) is 4.15. The van der Waals surface area contributed by atoms with E-state index in [2.05, 4.69) is 18.9 Å². The SMILES string of the molecule is COc1cnn(C(C)C)c1C(N)CSc1cccc(Cl)c1. The van der Waals surface area contributed by atoms with E-state index in [1.807, 2.05) is 28.9 Å². The Hall–Kier alpha value is -1.17. The first-order chi connectivity index (χ1) is 10.0. The number of aromatic nitrogens is 2. The fraction of sp³-hybridized carbons (Fsp3) is 0.400. The molecule has 1 heterocycles. The Morgan fingerprint density at radius 2 is 2.19 bits per heavy atom. The minimum absolute atomic E-state index is 0.158. The smallest absolute Gasteiger partial charge is 0.161 e. The van der Waals surface area contributed by atoms with E-state index in [0.29, 0.717) is 0 Å². The molecule has 114 valence electrons. The first kappa shape index (κ1) is 16.2. The van der Waals surface area contributed by atoms with Crippen molar-refractivity contribution in [1.82, 2.24) is 9.78 Å². The summed E-state index contributed by atoms with van der Waals surface area (Å²) >= 11 is 7.67. The second kappa shape index (κ2) is 7.20. The number of hydrogen-bond donors (Lipinski definition) is 1. The highest BCUT2D eigenvalue weighted by molar-refractivity contribution is 7.99. The highest BCUT2D eigenvalue weighted by atomic mass is 35.5. The highest BCUT2D eigenvalue weighted by Gasteiger charge is 2.20. The van der Waals surface area contributed by atoms with Gasteiger partial charge < -0.3 is 10.5 Å². The van der Waals surface area contributed by atoms with Gasteiger partial charge in [-0.2, -0.15) is 5.10 Å². The first-order valence-corrected chi connectivity index (χ1v) is 8.14. The van der Waals surface area contributed by atoms with Crippen molar-refractivity contribution < 1.29 is 4.74 Å². The fourth-order valence-electron chi connectivity index (χ4n) is 2.10. The second-order valence-corrected chi connectivity index (χ2v) is 6.54. The predicted molar refractivity (Wildman–Crippen MR) is 88.3 cm³/mol. The Labute approximate surface area is 134 Å². The first-order valence-electron chi connectivity index (χ1n) is 6.78. The minimum Gasteiger partial charge on any atom is -0.493 e. The van der Waals surface area contributed by atoms with Crippen LogP contribution in [0.5, 0.6) is 5.75 Å². The molecule has 1 aromatic carbocycles. The van der Waals surface area contributed by atoms with E-state index in [1.165, 1.54) is 0 Å². The van der Waals surface area contributed by atoms with Crippen molar-refractivity contribution in [1.29, 1.82) is 0 Å². The van der Waals surface area contributed by atoms with Gasteiger partial charge in [-0.25, -0.2) is 0 Å². The van der Waals surface area contributed by atoms with Crippen LogP contribution in [-0.4, -0.2) is 22.6 Å². The molecule has 1 atom stereocenters. The van der Waals surface area contributed by atoms with Crippen LogP contribution in [0.15, 0.2) is 35.4 Å². The molecule has 0 aliphatic heterocycles. The van der Waals surface area contributed by atoms with E-state index in [1.54, 1.807) is 25.1 Å². The number of halogens is 1. The number of hydrogen-bond acceptors (Lipinski definition) is 4. The number of thioether (sulfide) groups is 1. The van der Waals surface area contributed by atoms with Crippen LogP contribution in [0.25, 0.3) is 0 Å². The molecule has 0 saturated heterocycles. The maximum Gasteiger partial charge on any atom is 0.161 e. The van der Waals surface area contributed by atoms with Crippen LogP contribution in [0.4, 0.5) is 0 Å². The van der Waals surface area contributed by atoms with Gasteiger partial charge in [0.2, 0.25) is 0 Å². The van der Waals surface area contributed by atoms with Crippen molar-refractivity contribution in [3.05, 3.63) is 41.2 Å². The summed E-state index contributed by atoms with van der Waals surface area (Å²) in [7, 11) is 1.64. The lowest BCUT2D eigenvalue weighted by atomic mass is 10.2. The summed E-state index contributed by atoms with van der Waals surface area (Å²) in [5.41, 5.74) is 7.28. The minimum atomic E-state index is -0.158. The summed E-state index contributed by atoms with van der Waals surface area (Å²) in [5, 5.41) is 5.09. The molecule has 0 saturated carbocycles. The molecule has 0 spiro atoms. The lowest BCUT2D eigenvalue weighted by molar-refractivity contribution is 0.399. The molecule has 2 aromatic rings. The van der Waals surface area contributed by atoms with Crippen molar-refractivity contribution in [3.8, 4) is 5.75 Å². The van der Waals surface area contributed by atoms with E-state index in [4.69, 9.17) is 22.1 Å². The molecule has 0 bridgehead atoms. The lowest BCUT2D eigenvalue weighted by Gasteiger charge is -2.17. The Morgan fingerprint density at radius 3 is 2.81 bits per heavy atom. The number of rotatable bonds is 6. The fourth-order valence-corrected chi connectivity index (χ4v) is 3.27. The van der Waals surface area contributed by atoms with E-state index in [-0.39, 0.29) is 12.1 Å². The average molecular weight is 326 g/mol. The Kier molecular flexibility index (Phi) is 5.56. The zero-order chi connectivity index (χ0) is 15.4. The molecular weight excluding hydrogens is 306 g/mol. The summed E-state index contributed by atoms with van der Waals surface area (Å²) in [6, 6.07) is 7.85. The van der Waals surface area contributed by atoms with Crippen molar-refractivity contribution in [2.24, 2.45) is 5.73 Å². The van der Waals surface area contributed by atoms with Crippen LogP contribution in [0, 0.1) is 0 Å². The zero-order valence-electron chi connectivity index (χ0n) is 12.4. The third-order valence-electron chi connectivity index (χ3n) is 3.08. The van der Waals surface area contributed by atoms with Crippen LogP contribution >= 0.6 is 23.4 Å². The molecule has 1 aromatic heterocycles. The molecule has 6 heteroatoms. The van der Waals surface area contributed by atoms with Crippen LogP contribution in [0.1, 0.15) is 31.6 Å². The molecule has 0 amide bonds. The molecule has 0 aliphatic rings. The molecule has 21 heavy (non-hydrogen) atoms. The number of methoxy groups -OCH3 is 1. The van der Waals surface area contributed by atoms with Crippen molar-refractivity contribution in [2.45, 2.75) is 30.8 Å². The zero-order valence-corrected chi connectivity index (χ0v) is 14.0. The third kappa shape index (κ3) is 3.93. The monoisotopic (exact) mass is 325 g/mol. The van der Waals surface area contributed by atoms with E-state index in [0.717, 1.165) is 27.1 Å². The maximum atomic E-state index is 6.35. The molecule has 1 unspecified atom stereocenters. The van der Waals surface area contributed by atoms with Crippen LogP contribution in [-0.2, 0) is 0 Å². The van der Waals surface area contributed by atoms with E-state index >= 15 is 0 Å². The van der Waals surface area contributed by atoms with E-state index in [9.17, 15) is 0 Å². The molecule has 2 rings (SSSR count). The van der Waals surface area contributed by atoms with Gasteiger partial charge in [-0.05, 0) is 32.0 Å². The molecular formula is C15H20ClN3OS. The number of benzene rings is 1. The number of ether oxygens (including phenoxy) is 1. The Morgan fingerprint density at radius 1 is 1.43 bits per heavy atom. The maximum absolute atomic E-state index is 6.35.